The summed E-state index contributed by atoms with van der Waals surface area (Å²) in [7, 11) is -14.6. The van der Waals surface area contributed by atoms with Crippen LogP contribution in [-0.4, -0.2) is 77.8 Å². The van der Waals surface area contributed by atoms with E-state index in [1.54, 1.807) is 18.2 Å². The fourth-order valence-electron chi connectivity index (χ4n) is 4.92. The molecule has 0 atom stereocenters. The van der Waals surface area contributed by atoms with Gasteiger partial charge in [-0.3, -0.25) is 33.9 Å². The molecule has 6 rings (SSSR count). The van der Waals surface area contributed by atoms with Gasteiger partial charge >= 0.3 is 6.03 Å². The third-order valence-electron chi connectivity index (χ3n) is 7.12. The first-order valence-electron chi connectivity index (χ1n) is 13.6. The molecule has 1 aliphatic heterocycles. The van der Waals surface area contributed by atoms with Crippen molar-refractivity contribution in [2.45, 2.75) is 20.7 Å². The van der Waals surface area contributed by atoms with E-state index in [0.29, 0.717) is 5.39 Å². The van der Waals surface area contributed by atoms with Gasteiger partial charge in [-0.1, -0.05) is 48.6 Å². The van der Waals surface area contributed by atoms with Crippen LogP contribution in [0.4, 0.5) is 10.5 Å². The van der Waals surface area contributed by atoms with E-state index in [-0.39, 0.29) is 38.9 Å². The van der Waals surface area contributed by atoms with Crippen molar-refractivity contribution < 1.29 is 53.3 Å². The van der Waals surface area contributed by atoms with Gasteiger partial charge in [-0.05, 0) is 41.5 Å². The average molecular weight is 742 g/mol. The van der Waals surface area contributed by atoms with Gasteiger partial charge in [0.05, 0.1) is 11.4 Å². The molecule has 4 aromatic carbocycles. The Labute approximate surface area is 280 Å². The summed E-state index contributed by atoms with van der Waals surface area (Å²) >= 11 is 0. The molecule has 22 heteroatoms. The average Bonchev–Trinajstić information content (AvgIpc) is 3.46. The second-order valence-corrected chi connectivity index (χ2v) is 14.6. The smallest absolute Gasteiger partial charge is 0.282 e. The summed E-state index contributed by atoms with van der Waals surface area (Å²) in [5.74, 6) is -2.15. The number of nitrogens with one attached hydrogen (secondary N) is 2. The monoisotopic (exact) mass is 741 g/mol. The third kappa shape index (κ3) is 6.73. The number of benzene rings is 4. The number of urea groups is 1. The predicted molar refractivity (Wildman–Crippen MR) is 171 cm³/mol. The molecule has 50 heavy (non-hydrogen) atoms. The maximum Gasteiger partial charge on any atom is 0.328 e. The Balaban J connectivity index is 1.37. The Kier molecular flexibility index (Phi) is 8.37. The third-order valence-corrected chi connectivity index (χ3v) is 9.83. The number of fused-ring (bicyclic) bond motifs is 3. The Morgan fingerprint density at radius 3 is 1.84 bits per heavy atom. The highest BCUT2D eigenvalue weighted by molar-refractivity contribution is 7.86. The summed E-state index contributed by atoms with van der Waals surface area (Å²) in [5.41, 5.74) is -0.313. The van der Waals surface area contributed by atoms with E-state index < -0.39 is 68.9 Å². The molecule has 4 amide bonds. The number of hydrogen-bond donors (Lipinski definition) is 5. The van der Waals surface area contributed by atoms with Gasteiger partial charge in [0, 0.05) is 10.8 Å². The number of carbonyl (C=O) groups is 3. The van der Waals surface area contributed by atoms with Crippen molar-refractivity contribution in [3.05, 3.63) is 77.9 Å². The number of imide groups is 2. The maximum atomic E-state index is 12.4. The molecule has 1 aliphatic rings. The van der Waals surface area contributed by atoms with Gasteiger partial charge in [0.2, 0.25) is 6.04 Å². The van der Waals surface area contributed by atoms with Crippen LogP contribution in [-0.2, 0) is 39.9 Å². The number of rotatable bonds is 8. The number of barbiturate groups is 1. The predicted octanol–water partition coefficient (Wildman–Crippen LogP) is 2.30. The second-order valence-electron chi connectivity index (χ2n) is 10.4. The highest BCUT2D eigenvalue weighted by Gasteiger charge is 2.34. The number of hydrogen-bond acceptors (Lipinski definition) is 13. The molecule has 1 fully saturated rings. The van der Waals surface area contributed by atoms with Gasteiger partial charge in [-0.15, -0.1) is 10.2 Å². The van der Waals surface area contributed by atoms with Crippen LogP contribution in [0.5, 0.6) is 0 Å². The van der Waals surface area contributed by atoms with Crippen LogP contribution < -0.4 is 10.6 Å². The largest absolute Gasteiger partial charge is 0.328 e. The van der Waals surface area contributed by atoms with Crippen LogP contribution in [0.2, 0.25) is 0 Å². The van der Waals surface area contributed by atoms with E-state index in [1.807, 2.05) is 10.6 Å². The normalized spacial score (nSPS) is 15.0. The first-order chi connectivity index (χ1) is 23.4. The van der Waals surface area contributed by atoms with Gasteiger partial charge in [0.25, 0.3) is 42.2 Å². The van der Waals surface area contributed by atoms with Crippen molar-refractivity contribution >= 4 is 87.8 Å². The summed E-state index contributed by atoms with van der Waals surface area (Å²) < 4.78 is 103. The number of carbonyl (C=O) groups excluding carboxylic acids is 3. The molecular weight excluding hydrogens is 723 g/mol. The molecule has 0 bridgehead atoms. The number of azo groups is 1. The van der Waals surface area contributed by atoms with Crippen molar-refractivity contribution in [2.24, 2.45) is 10.2 Å². The Hall–Kier alpha value is -5.78. The molecule has 0 spiro atoms. The minimum Gasteiger partial charge on any atom is -0.282 e. The van der Waals surface area contributed by atoms with Crippen molar-refractivity contribution in [1.29, 1.82) is 0 Å². The molecule has 1 saturated heterocycles. The quantitative estimate of drug-likeness (QED) is 0.0660. The van der Waals surface area contributed by atoms with E-state index in [0.717, 1.165) is 41.2 Å². The molecule has 0 aliphatic carbocycles. The fraction of sp³-hybridized carbons (Fsp3) is 0.0357. The van der Waals surface area contributed by atoms with Crippen LogP contribution in [0.25, 0.3) is 39.6 Å². The SMILES string of the molecule is O=C1NC(=O)C(N=Nc2ccc(/C=C/c3ccc(-n4nc5cc(S(=O)(=O)O)c6ccccc6c5n4)cc3S(=O)(=O)O)c(S(=O)(=O)O)c2)C(=O)N1. The molecule has 0 unspecified atom stereocenters. The summed E-state index contributed by atoms with van der Waals surface area (Å²) in [6.45, 7) is 0. The topological polar surface area (TPSA) is 294 Å². The molecule has 2 heterocycles. The first-order valence-corrected chi connectivity index (χ1v) is 18.0. The number of nitrogens with zero attached hydrogens (tertiary/aromatic N) is 5. The van der Waals surface area contributed by atoms with Gasteiger partial charge in [0.1, 0.15) is 25.7 Å². The standard InChI is InChI=1S/C28H19N7O12S3/c36-26-25(27(37)30-28(38)29-26)32-31-16-9-7-14(21(11-16)48(39,40)41)5-6-15-8-10-17(12-22(15)49(42,43)44)35-33-20-13-23(50(45,46)47)18-3-1-2-4-19(18)24(20)34-35/h1-13,25H,(H,39,40,41)(H,42,43,44)(H,45,46,47)(H2,29,30,36,37,38)/b6-5+,32-31?. The Morgan fingerprint density at radius 1 is 0.680 bits per heavy atom. The molecule has 0 saturated carbocycles. The van der Waals surface area contributed by atoms with Crippen LogP contribution in [0.1, 0.15) is 11.1 Å². The zero-order valence-electron chi connectivity index (χ0n) is 24.6. The summed E-state index contributed by atoms with van der Waals surface area (Å²) in [6.07, 6.45) is 2.22. The lowest BCUT2D eigenvalue weighted by Gasteiger charge is -2.16. The van der Waals surface area contributed by atoms with Crippen LogP contribution in [0.15, 0.2) is 91.6 Å². The van der Waals surface area contributed by atoms with Crippen molar-refractivity contribution in [3.63, 3.8) is 0 Å². The lowest BCUT2D eigenvalue weighted by molar-refractivity contribution is -0.131. The van der Waals surface area contributed by atoms with E-state index in [2.05, 4.69) is 20.4 Å². The Morgan fingerprint density at radius 2 is 1.24 bits per heavy atom. The molecule has 256 valence electrons. The molecule has 5 aromatic rings. The van der Waals surface area contributed by atoms with E-state index in [1.165, 1.54) is 24.3 Å². The fourth-order valence-corrected chi connectivity index (χ4v) is 7.04. The molecule has 1 aromatic heterocycles. The van der Waals surface area contributed by atoms with Gasteiger partial charge in [0.15, 0.2) is 0 Å². The summed E-state index contributed by atoms with van der Waals surface area (Å²) in [4.78, 5) is 34.1. The van der Waals surface area contributed by atoms with Crippen LogP contribution in [0, 0.1) is 0 Å². The summed E-state index contributed by atoms with van der Waals surface area (Å²) in [5, 5.41) is 19.9. The molecule has 0 radical (unpaired) electrons. The Bertz CT molecular complexity index is 2690. The second kappa shape index (κ2) is 12.3. The van der Waals surface area contributed by atoms with Crippen molar-refractivity contribution in [1.82, 2.24) is 25.6 Å². The van der Waals surface area contributed by atoms with E-state index >= 15 is 0 Å². The number of aromatic nitrogens is 3. The summed E-state index contributed by atoms with van der Waals surface area (Å²) in [6, 6.07) is 11.2. The minimum absolute atomic E-state index is 0.00139. The molecule has 19 nitrogen and oxygen atoms in total. The zero-order valence-corrected chi connectivity index (χ0v) is 27.0. The van der Waals surface area contributed by atoms with Crippen LogP contribution in [0.3, 0.4) is 0 Å². The zero-order chi connectivity index (χ0) is 36.2. The van der Waals surface area contributed by atoms with Crippen molar-refractivity contribution in [3.8, 4) is 5.69 Å². The molecule has 5 N–H and O–H groups in total. The number of amides is 4. The maximum absolute atomic E-state index is 12.4. The van der Waals surface area contributed by atoms with E-state index in [4.69, 9.17) is 0 Å². The lowest BCUT2D eigenvalue weighted by atomic mass is 10.1. The van der Waals surface area contributed by atoms with Gasteiger partial charge in [-0.2, -0.15) is 40.3 Å². The van der Waals surface area contributed by atoms with Gasteiger partial charge in [-0.25, -0.2) is 4.79 Å². The van der Waals surface area contributed by atoms with E-state index in [9.17, 15) is 53.3 Å². The minimum atomic E-state index is -4.95. The van der Waals surface area contributed by atoms with Gasteiger partial charge < -0.3 is 0 Å². The first kappa shape index (κ1) is 34.1. The van der Waals surface area contributed by atoms with Crippen LogP contribution >= 0.6 is 0 Å². The highest BCUT2D eigenvalue weighted by Crippen LogP contribution is 2.31. The molecular formula is C28H19N7O12S3. The lowest BCUT2D eigenvalue weighted by Crippen LogP contribution is -2.57. The van der Waals surface area contributed by atoms with Crippen molar-refractivity contribution in [2.75, 3.05) is 0 Å². The highest BCUT2D eigenvalue weighted by atomic mass is 32.2.